The summed E-state index contributed by atoms with van der Waals surface area (Å²) in [6.45, 7) is 7.78. The summed E-state index contributed by atoms with van der Waals surface area (Å²) in [5, 5.41) is 13.7. The van der Waals surface area contributed by atoms with Gasteiger partial charge in [0, 0.05) is 50.6 Å². The molecule has 3 fully saturated rings. The van der Waals surface area contributed by atoms with Gasteiger partial charge in [0.1, 0.15) is 11.8 Å². The Morgan fingerprint density at radius 1 is 1.13 bits per heavy atom. The van der Waals surface area contributed by atoms with Gasteiger partial charge in [-0.1, -0.05) is 6.92 Å². The number of anilines is 1. The molecule has 11 heteroatoms. The van der Waals surface area contributed by atoms with Crippen LogP contribution in [0.15, 0.2) is 30.7 Å². The van der Waals surface area contributed by atoms with Crippen LogP contribution in [0.1, 0.15) is 66.7 Å². The molecular weight excluding hydrogens is 496 g/mol. The Balaban J connectivity index is 1.14. The lowest BCUT2D eigenvalue weighted by Crippen LogP contribution is -2.42. The van der Waals surface area contributed by atoms with Crippen LogP contribution in [0.3, 0.4) is 0 Å². The minimum atomic E-state index is -0.242. The molecule has 0 bridgehead atoms. The van der Waals surface area contributed by atoms with Gasteiger partial charge in [-0.05, 0) is 68.9 Å². The fraction of sp³-hybridized carbons (Fsp3) is 0.571. The van der Waals surface area contributed by atoms with Crippen molar-refractivity contribution in [3.8, 4) is 6.07 Å². The Morgan fingerprint density at radius 3 is 2.67 bits per heavy atom. The highest BCUT2D eigenvalue weighted by molar-refractivity contribution is 5.92. The number of aromatic nitrogens is 3. The third kappa shape index (κ3) is 6.34. The monoisotopic (exact) mass is 532 g/mol. The fourth-order valence-corrected chi connectivity index (χ4v) is 5.66. The summed E-state index contributed by atoms with van der Waals surface area (Å²) in [6.07, 6.45) is 8.97. The quantitative estimate of drug-likeness (QED) is 0.571. The lowest BCUT2D eigenvalue weighted by molar-refractivity contribution is -0.182. The highest BCUT2D eigenvalue weighted by Crippen LogP contribution is 2.33. The first-order valence-corrected chi connectivity index (χ1v) is 13.9. The average molecular weight is 533 g/mol. The maximum atomic E-state index is 13.4. The molecule has 3 saturated heterocycles. The van der Waals surface area contributed by atoms with E-state index < -0.39 is 0 Å². The first-order valence-electron chi connectivity index (χ1n) is 13.9. The molecule has 0 aromatic carbocycles. The van der Waals surface area contributed by atoms with Crippen molar-refractivity contribution >= 4 is 17.8 Å². The van der Waals surface area contributed by atoms with Gasteiger partial charge in [0.25, 0.3) is 5.91 Å². The molecular formula is C28H36N8O3. The van der Waals surface area contributed by atoms with Crippen molar-refractivity contribution in [2.75, 3.05) is 50.8 Å². The number of piperidine rings is 2. The molecule has 2 amide bonds. The van der Waals surface area contributed by atoms with Crippen molar-refractivity contribution in [3.05, 3.63) is 47.5 Å². The lowest BCUT2D eigenvalue weighted by Gasteiger charge is -2.34. The van der Waals surface area contributed by atoms with E-state index in [2.05, 4.69) is 38.2 Å². The number of hydroxylamine groups is 2. The number of hydrogen-bond donors (Lipinski definition) is 1. The molecule has 1 N–H and O–H groups in total. The topological polar surface area (TPSA) is 128 Å². The second kappa shape index (κ2) is 12.5. The van der Waals surface area contributed by atoms with Gasteiger partial charge in [-0.3, -0.25) is 19.4 Å². The Labute approximate surface area is 229 Å². The molecule has 0 spiro atoms. The third-order valence-corrected chi connectivity index (χ3v) is 8.10. The van der Waals surface area contributed by atoms with Gasteiger partial charge in [-0.15, -0.1) is 0 Å². The minimum absolute atomic E-state index is 0.0432. The van der Waals surface area contributed by atoms with Gasteiger partial charge in [0.05, 0.1) is 18.2 Å². The molecule has 2 aromatic heterocycles. The van der Waals surface area contributed by atoms with Crippen LogP contribution in [0.2, 0.25) is 0 Å². The van der Waals surface area contributed by atoms with Crippen molar-refractivity contribution in [3.63, 3.8) is 0 Å². The van der Waals surface area contributed by atoms with E-state index in [1.807, 2.05) is 4.90 Å². The minimum Gasteiger partial charge on any atom is -0.350 e. The van der Waals surface area contributed by atoms with E-state index in [1.54, 1.807) is 24.5 Å². The van der Waals surface area contributed by atoms with Crippen LogP contribution in [0.25, 0.3) is 0 Å². The predicted molar refractivity (Wildman–Crippen MR) is 143 cm³/mol. The molecule has 206 valence electrons. The summed E-state index contributed by atoms with van der Waals surface area (Å²) >= 11 is 0. The molecule has 3 aliphatic rings. The number of nitriles is 1. The Morgan fingerprint density at radius 2 is 1.92 bits per heavy atom. The van der Waals surface area contributed by atoms with E-state index in [-0.39, 0.29) is 23.8 Å². The maximum absolute atomic E-state index is 13.4. The predicted octanol–water partition coefficient (Wildman–Crippen LogP) is 2.33. The van der Waals surface area contributed by atoms with Crippen molar-refractivity contribution in [1.29, 1.82) is 5.26 Å². The van der Waals surface area contributed by atoms with Crippen LogP contribution in [-0.2, 0) is 9.63 Å². The molecule has 5 heterocycles. The highest BCUT2D eigenvalue weighted by Gasteiger charge is 2.37. The van der Waals surface area contributed by atoms with Crippen LogP contribution in [-0.4, -0.2) is 82.6 Å². The summed E-state index contributed by atoms with van der Waals surface area (Å²) < 4.78 is 0. The first-order chi connectivity index (χ1) is 19.1. The fourth-order valence-electron chi connectivity index (χ4n) is 5.66. The van der Waals surface area contributed by atoms with E-state index in [1.165, 1.54) is 11.3 Å². The summed E-state index contributed by atoms with van der Waals surface area (Å²) in [4.78, 5) is 49.5. The summed E-state index contributed by atoms with van der Waals surface area (Å²) in [7, 11) is 0. The van der Waals surface area contributed by atoms with Crippen LogP contribution in [0, 0.1) is 23.2 Å². The van der Waals surface area contributed by atoms with E-state index in [9.17, 15) is 14.9 Å². The number of nitrogens with one attached hydrogen (secondary N) is 1. The van der Waals surface area contributed by atoms with Crippen molar-refractivity contribution in [2.45, 2.75) is 45.1 Å². The largest absolute Gasteiger partial charge is 0.350 e. The van der Waals surface area contributed by atoms with Gasteiger partial charge in [-0.2, -0.15) is 5.26 Å². The number of amides is 2. The summed E-state index contributed by atoms with van der Waals surface area (Å²) in [5.74, 6) is 0.617. The molecule has 3 aliphatic heterocycles. The van der Waals surface area contributed by atoms with Gasteiger partial charge < -0.3 is 15.1 Å². The zero-order valence-corrected chi connectivity index (χ0v) is 22.5. The van der Waals surface area contributed by atoms with Gasteiger partial charge >= 0.3 is 0 Å². The van der Waals surface area contributed by atoms with Crippen molar-refractivity contribution in [1.82, 2.24) is 30.2 Å². The number of likely N-dealkylation sites (tertiary alicyclic amines) is 1. The first kappa shape index (κ1) is 27.0. The summed E-state index contributed by atoms with van der Waals surface area (Å²) in [5.41, 5.74) is 1.64. The second-order valence-electron chi connectivity index (χ2n) is 10.5. The number of nitrogens with zero attached hydrogens (tertiary/aromatic N) is 7. The van der Waals surface area contributed by atoms with E-state index >= 15 is 0 Å². The van der Waals surface area contributed by atoms with Gasteiger partial charge in [0.2, 0.25) is 11.9 Å². The number of carbonyl (C=O) groups is 2. The lowest BCUT2D eigenvalue weighted by atomic mass is 9.94. The molecule has 0 unspecified atom stereocenters. The van der Waals surface area contributed by atoms with Gasteiger partial charge in [-0.25, -0.2) is 15.0 Å². The molecule has 0 aliphatic carbocycles. The zero-order valence-electron chi connectivity index (χ0n) is 22.5. The number of pyridine rings is 1. The standard InChI is InChI=1S/C28H36N8O3/c1-2-34-10-4-20(5-11-34)18-32-26(37)24-3-9-31-28(33-24)35-12-6-22(7-13-35)27(38)36-25(8-14-39-36)23-15-21(16-29)17-30-19-23/h3,9,15,17,19-20,22,25H,2,4-8,10-14,18H2,1H3,(H,32,37)/t25-/m0/s1. The normalized spacial score (nSPS) is 21.1. The Hall–Kier alpha value is -3.62. The molecule has 5 rings (SSSR count). The highest BCUT2D eigenvalue weighted by atomic mass is 16.7. The number of rotatable bonds is 7. The third-order valence-electron chi connectivity index (χ3n) is 8.10. The molecule has 0 radical (unpaired) electrons. The second-order valence-corrected chi connectivity index (χ2v) is 10.5. The van der Waals surface area contributed by atoms with Crippen LogP contribution in [0.5, 0.6) is 0 Å². The van der Waals surface area contributed by atoms with Crippen LogP contribution >= 0.6 is 0 Å². The SMILES string of the molecule is CCN1CCC(CNC(=O)c2ccnc(N3CCC(C(=O)N4OCC[C@H]4c4cncc(C#N)c4)CC3)n2)CC1. The van der Waals surface area contributed by atoms with Crippen LogP contribution < -0.4 is 10.2 Å². The molecule has 1 atom stereocenters. The smallest absolute Gasteiger partial charge is 0.270 e. The van der Waals surface area contributed by atoms with Gasteiger partial charge in [0.15, 0.2) is 0 Å². The van der Waals surface area contributed by atoms with Crippen molar-refractivity contribution < 1.29 is 14.4 Å². The number of carbonyl (C=O) groups excluding carboxylic acids is 2. The van der Waals surface area contributed by atoms with Crippen molar-refractivity contribution in [2.24, 2.45) is 11.8 Å². The molecule has 0 saturated carbocycles. The maximum Gasteiger partial charge on any atom is 0.270 e. The molecule has 2 aromatic rings. The Bertz CT molecular complexity index is 1200. The van der Waals surface area contributed by atoms with E-state index in [4.69, 9.17) is 4.84 Å². The zero-order chi connectivity index (χ0) is 27.2. The Kier molecular flexibility index (Phi) is 8.64. The summed E-state index contributed by atoms with van der Waals surface area (Å²) in [6, 6.07) is 5.28. The average Bonchev–Trinajstić information content (AvgIpc) is 3.50. The molecule has 11 nitrogen and oxygen atoms in total. The number of hydrogen-bond acceptors (Lipinski definition) is 9. The molecule has 39 heavy (non-hydrogen) atoms. The van der Waals surface area contributed by atoms with E-state index in [0.29, 0.717) is 68.6 Å². The van der Waals surface area contributed by atoms with E-state index in [0.717, 1.165) is 38.0 Å². The van der Waals surface area contributed by atoms with Crippen LogP contribution in [0.4, 0.5) is 5.95 Å².